The number of hydrogen-bond acceptors (Lipinski definition) is 1. The molecule has 0 fully saturated rings. The maximum Gasteiger partial charge on any atom is 0.132 e. The number of nitrogens with zero attached hydrogens (tertiary/aromatic N) is 1. The third-order valence-corrected chi connectivity index (χ3v) is 3.09. The Morgan fingerprint density at radius 3 is 1.95 bits per heavy atom. The Morgan fingerprint density at radius 2 is 1.30 bits per heavy atom. The van der Waals surface area contributed by atoms with Crippen LogP contribution in [-0.2, 0) is 0 Å². The highest BCUT2D eigenvalue weighted by Gasteiger charge is 2.09. The molecule has 1 aromatic heterocycles. The topological polar surface area (TPSA) is 12.9 Å². The van der Waals surface area contributed by atoms with Gasteiger partial charge in [0.15, 0.2) is 0 Å². The summed E-state index contributed by atoms with van der Waals surface area (Å²) in [6.45, 7) is 0. The van der Waals surface area contributed by atoms with E-state index in [1.165, 1.54) is 12.1 Å². The zero-order valence-corrected chi connectivity index (χ0v) is 10.6. The van der Waals surface area contributed by atoms with Crippen LogP contribution in [0.3, 0.4) is 0 Å². The van der Waals surface area contributed by atoms with Crippen LogP contribution in [0, 0.1) is 11.6 Å². The van der Waals surface area contributed by atoms with E-state index in [9.17, 15) is 8.78 Å². The summed E-state index contributed by atoms with van der Waals surface area (Å²) in [5.41, 5.74) is 2.05. The monoisotopic (exact) mass is 267 g/mol. The number of aromatic nitrogens is 1. The predicted octanol–water partition coefficient (Wildman–Crippen LogP) is 4.69. The summed E-state index contributed by atoms with van der Waals surface area (Å²) >= 11 is 0. The van der Waals surface area contributed by atoms with Gasteiger partial charge in [0.2, 0.25) is 0 Å². The number of benzene rings is 2. The fourth-order valence-electron chi connectivity index (χ4n) is 2.11. The van der Waals surface area contributed by atoms with Crippen molar-refractivity contribution in [3.05, 3.63) is 78.5 Å². The second-order valence-corrected chi connectivity index (χ2v) is 4.39. The Hall–Kier alpha value is -2.55. The molecule has 0 bridgehead atoms. The zero-order chi connectivity index (χ0) is 13.9. The lowest BCUT2D eigenvalue weighted by Crippen LogP contribution is -1.90. The molecule has 3 rings (SSSR count). The van der Waals surface area contributed by atoms with E-state index in [2.05, 4.69) is 4.98 Å². The number of pyridine rings is 1. The molecule has 0 atom stereocenters. The van der Waals surface area contributed by atoms with Crippen LogP contribution in [-0.4, -0.2) is 4.98 Å². The molecule has 3 aromatic rings. The minimum atomic E-state index is -0.342. The van der Waals surface area contributed by atoms with E-state index in [0.717, 1.165) is 0 Å². The van der Waals surface area contributed by atoms with E-state index in [4.69, 9.17) is 0 Å². The molecular weight excluding hydrogens is 256 g/mol. The maximum absolute atomic E-state index is 13.8. The molecule has 2 aromatic carbocycles. The summed E-state index contributed by atoms with van der Waals surface area (Å²) in [7, 11) is 0. The van der Waals surface area contributed by atoms with Gasteiger partial charge in [-0.25, -0.2) is 8.78 Å². The molecule has 0 aliphatic rings. The molecule has 0 amide bonds. The molecule has 3 heteroatoms. The van der Waals surface area contributed by atoms with Crippen molar-refractivity contribution in [2.75, 3.05) is 0 Å². The second-order valence-electron chi connectivity index (χ2n) is 4.39. The lowest BCUT2D eigenvalue weighted by atomic mass is 10.0. The van der Waals surface area contributed by atoms with Crippen LogP contribution in [0.2, 0.25) is 0 Å². The Balaban J connectivity index is 2.12. The normalized spacial score (nSPS) is 10.5. The summed E-state index contributed by atoms with van der Waals surface area (Å²) in [5, 5.41) is 0. The Kier molecular flexibility index (Phi) is 3.25. The van der Waals surface area contributed by atoms with Crippen LogP contribution < -0.4 is 0 Å². The van der Waals surface area contributed by atoms with Crippen molar-refractivity contribution in [1.29, 1.82) is 0 Å². The molecule has 1 nitrogen and oxygen atoms in total. The number of hydrogen-bond donors (Lipinski definition) is 0. The van der Waals surface area contributed by atoms with Crippen molar-refractivity contribution < 1.29 is 8.78 Å². The third kappa shape index (κ3) is 2.30. The molecule has 0 aliphatic carbocycles. The Bertz CT molecular complexity index is 692. The molecule has 0 spiro atoms. The van der Waals surface area contributed by atoms with Gasteiger partial charge in [0.1, 0.15) is 11.6 Å². The van der Waals surface area contributed by atoms with E-state index in [0.29, 0.717) is 22.4 Å². The smallest absolute Gasteiger partial charge is 0.132 e. The van der Waals surface area contributed by atoms with Crippen LogP contribution in [0.5, 0.6) is 0 Å². The van der Waals surface area contributed by atoms with Gasteiger partial charge in [0, 0.05) is 17.3 Å². The highest BCUT2D eigenvalue weighted by Crippen LogP contribution is 2.27. The summed E-state index contributed by atoms with van der Waals surface area (Å²) in [4.78, 5) is 4.16. The van der Waals surface area contributed by atoms with E-state index >= 15 is 0 Å². The molecule has 0 N–H and O–H groups in total. The van der Waals surface area contributed by atoms with Crippen molar-refractivity contribution in [3.63, 3.8) is 0 Å². The van der Waals surface area contributed by atoms with Gasteiger partial charge in [0.05, 0.1) is 5.69 Å². The van der Waals surface area contributed by atoms with Gasteiger partial charge >= 0.3 is 0 Å². The minimum Gasteiger partial charge on any atom is -0.256 e. The van der Waals surface area contributed by atoms with Gasteiger partial charge in [-0.1, -0.05) is 30.3 Å². The lowest BCUT2D eigenvalue weighted by molar-refractivity contribution is 0.630. The van der Waals surface area contributed by atoms with Crippen molar-refractivity contribution in [1.82, 2.24) is 4.98 Å². The molecule has 20 heavy (non-hydrogen) atoms. The first-order valence-electron chi connectivity index (χ1n) is 6.21. The van der Waals surface area contributed by atoms with Gasteiger partial charge in [-0.3, -0.25) is 4.98 Å². The highest BCUT2D eigenvalue weighted by atomic mass is 19.1. The Morgan fingerprint density at radius 1 is 0.700 bits per heavy atom. The third-order valence-electron chi connectivity index (χ3n) is 3.09. The quantitative estimate of drug-likeness (QED) is 0.656. The first-order valence-corrected chi connectivity index (χ1v) is 6.21. The molecule has 0 saturated heterocycles. The molecule has 0 aliphatic heterocycles. The first kappa shape index (κ1) is 12.5. The molecule has 98 valence electrons. The number of halogens is 2. The average molecular weight is 267 g/mol. The standard InChI is InChI=1S/C17H11F2N/c18-15-7-3-1-5-13(15)12-9-10-20-17(11-12)14-6-2-4-8-16(14)19/h1-11H. The van der Waals surface area contributed by atoms with Crippen molar-refractivity contribution in [3.8, 4) is 22.4 Å². The summed E-state index contributed by atoms with van der Waals surface area (Å²) in [5.74, 6) is -0.649. The van der Waals surface area contributed by atoms with Gasteiger partial charge in [-0.05, 0) is 35.9 Å². The van der Waals surface area contributed by atoms with E-state index in [1.54, 1.807) is 54.7 Å². The molecule has 0 radical (unpaired) electrons. The molecule has 0 saturated carbocycles. The average Bonchev–Trinajstić information content (AvgIpc) is 2.48. The fraction of sp³-hybridized carbons (Fsp3) is 0. The molecular formula is C17H11F2N. The number of rotatable bonds is 2. The lowest BCUT2D eigenvalue weighted by Gasteiger charge is -2.06. The van der Waals surface area contributed by atoms with Crippen molar-refractivity contribution in [2.45, 2.75) is 0 Å². The SMILES string of the molecule is Fc1ccccc1-c1ccnc(-c2ccccc2F)c1. The molecule has 0 unspecified atom stereocenters. The molecule has 1 heterocycles. The summed E-state index contributed by atoms with van der Waals surface area (Å²) in [6.07, 6.45) is 1.56. The van der Waals surface area contributed by atoms with Crippen LogP contribution in [0.15, 0.2) is 66.9 Å². The predicted molar refractivity (Wildman–Crippen MR) is 75.0 cm³/mol. The van der Waals surface area contributed by atoms with Crippen molar-refractivity contribution in [2.24, 2.45) is 0 Å². The van der Waals surface area contributed by atoms with Gasteiger partial charge < -0.3 is 0 Å². The zero-order valence-electron chi connectivity index (χ0n) is 10.6. The minimum absolute atomic E-state index is 0.307. The van der Waals surface area contributed by atoms with Crippen molar-refractivity contribution >= 4 is 0 Å². The van der Waals surface area contributed by atoms with Gasteiger partial charge in [-0.15, -0.1) is 0 Å². The van der Waals surface area contributed by atoms with Gasteiger partial charge in [-0.2, -0.15) is 0 Å². The van der Waals surface area contributed by atoms with E-state index < -0.39 is 0 Å². The summed E-state index contributed by atoms with van der Waals surface area (Å²) < 4.78 is 27.6. The summed E-state index contributed by atoms with van der Waals surface area (Å²) in [6, 6.07) is 16.3. The largest absolute Gasteiger partial charge is 0.256 e. The van der Waals surface area contributed by atoms with E-state index in [-0.39, 0.29) is 11.6 Å². The van der Waals surface area contributed by atoms with E-state index in [1.807, 2.05) is 0 Å². The van der Waals surface area contributed by atoms with Crippen LogP contribution in [0.4, 0.5) is 8.78 Å². The first-order chi connectivity index (χ1) is 9.75. The second kappa shape index (κ2) is 5.21. The highest BCUT2D eigenvalue weighted by molar-refractivity contribution is 5.70. The van der Waals surface area contributed by atoms with Crippen LogP contribution in [0.25, 0.3) is 22.4 Å². The van der Waals surface area contributed by atoms with Crippen LogP contribution in [0.1, 0.15) is 0 Å². The fourth-order valence-corrected chi connectivity index (χ4v) is 2.11. The Labute approximate surface area is 115 Å². The van der Waals surface area contributed by atoms with Gasteiger partial charge in [0.25, 0.3) is 0 Å². The van der Waals surface area contributed by atoms with Crippen LogP contribution >= 0.6 is 0 Å². The maximum atomic E-state index is 13.8.